The molecule has 5 atom stereocenters. The highest BCUT2D eigenvalue weighted by Gasteiger charge is 2.61. The van der Waals surface area contributed by atoms with Crippen molar-refractivity contribution in [3.63, 3.8) is 0 Å². The molecule has 0 aromatic rings. The van der Waals surface area contributed by atoms with Crippen molar-refractivity contribution in [2.45, 2.75) is 138 Å². The number of sulfonamides is 1. The Hall–Kier alpha value is -1.78. The molecule has 4 rings (SSSR count). The van der Waals surface area contributed by atoms with E-state index in [9.17, 15) is 23.3 Å². The van der Waals surface area contributed by atoms with Crippen LogP contribution >= 0.6 is 0 Å². The molecule has 7 heteroatoms. The van der Waals surface area contributed by atoms with Gasteiger partial charge in [0.2, 0.25) is 10.0 Å². The number of rotatable bonds is 8. The molecule has 0 amide bonds. The summed E-state index contributed by atoms with van der Waals surface area (Å²) in [5, 5.41) is 9.67. The number of nitrogens with zero attached hydrogens (tertiary/aromatic N) is 1. The third-order valence-electron chi connectivity index (χ3n) is 12.5. The lowest BCUT2D eigenvalue weighted by Gasteiger charge is -2.61. The van der Waals surface area contributed by atoms with Crippen LogP contribution < -0.4 is 4.72 Å². The molecule has 0 aliphatic heterocycles. The molecule has 0 aromatic carbocycles. The lowest BCUT2D eigenvalue weighted by Crippen LogP contribution is -2.58. The number of allylic oxidation sites excluding steroid dienone is 4. The summed E-state index contributed by atoms with van der Waals surface area (Å²) in [6.07, 6.45) is 11.0. The maximum Gasteiger partial charge on any atom is 0.214 e. The molecule has 3 fully saturated rings. The number of hydrogen-bond donors (Lipinski definition) is 1. The van der Waals surface area contributed by atoms with Gasteiger partial charge in [0.1, 0.15) is 6.07 Å². The maximum atomic E-state index is 13.4. The molecule has 42 heavy (non-hydrogen) atoms. The monoisotopic (exact) mass is 598 g/mol. The number of carbonyl (C=O) groups excluding carboxylic acids is 2. The van der Waals surface area contributed by atoms with Crippen molar-refractivity contribution in [3.05, 3.63) is 23.3 Å². The van der Waals surface area contributed by atoms with E-state index in [-0.39, 0.29) is 45.1 Å². The van der Waals surface area contributed by atoms with Crippen molar-refractivity contribution in [2.24, 2.45) is 38.9 Å². The van der Waals surface area contributed by atoms with E-state index < -0.39 is 31.8 Å². The molecule has 1 unspecified atom stereocenters. The van der Waals surface area contributed by atoms with Crippen LogP contribution in [0, 0.1) is 50.2 Å². The van der Waals surface area contributed by atoms with Gasteiger partial charge in [-0.2, -0.15) is 5.26 Å². The maximum absolute atomic E-state index is 13.4. The Morgan fingerprint density at radius 1 is 1.10 bits per heavy atom. The zero-order valence-electron chi connectivity index (χ0n) is 27.7. The fourth-order valence-electron chi connectivity index (χ4n) is 9.18. The minimum Gasteiger partial charge on any atom is -0.295 e. The number of nitriles is 1. The van der Waals surface area contributed by atoms with Gasteiger partial charge in [0, 0.05) is 16.4 Å². The molecule has 6 nitrogen and oxygen atoms in total. The molecule has 0 bridgehead atoms. The Morgan fingerprint density at radius 3 is 2.24 bits per heavy atom. The Balaban J connectivity index is 1.74. The topological polar surface area (TPSA) is 104 Å². The highest BCUT2D eigenvalue weighted by atomic mass is 32.2. The normalized spacial score (nSPS) is 37.5. The summed E-state index contributed by atoms with van der Waals surface area (Å²) >= 11 is 0. The largest absolute Gasteiger partial charge is 0.295 e. The van der Waals surface area contributed by atoms with Crippen LogP contribution in [-0.4, -0.2) is 30.8 Å². The fourth-order valence-corrected chi connectivity index (χ4v) is 11.1. The van der Waals surface area contributed by atoms with E-state index in [0.717, 1.165) is 63.4 Å². The zero-order valence-corrected chi connectivity index (χ0v) is 28.6. The molecule has 0 spiro atoms. The van der Waals surface area contributed by atoms with E-state index in [1.807, 2.05) is 19.9 Å². The second kappa shape index (κ2) is 10.4. The molecule has 0 radical (unpaired) electrons. The average Bonchev–Trinajstić information content (AvgIpc) is 3.71. The van der Waals surface area contributed by atoms with E-state index in [2.05, 4.69) is 59.3 Å². The Bertz CT molecular complexity index is 1360. The van der Waals surface area contributed by atoms with Gasteiger partial charge >= 0.3 is 0 Å². The van der Waals surface area contributed by atoms with Crippen molar-refractivity contribution < 1.29 is 18.0 Å². The highest BCUT2D eigenvalue weighted by molar-refractivity contribution is 7.90. The highest BCUT2D eigenvalue weighted by Crippen LogP contribution is 2.67. The molecule has 4 aliphatic rings. The average molecular weight is 599 g/mol. The van der Waals surface area contributed by atoms with Crippen LogP contribution in [0.1, 0.15) is 127 Å². The van der Waals surface area contributed by atoms with Gasteiger partial charge in [-0.05, 0) is 98.9 Å². The van der Waals surface area contributed by atoms with Gasteiger partial charge in [-0.25, -0.2) is 13.1 Å². The SMILES string of the molecule is CC(=O)/C=C1/[C@@]2(C)C=C(C#N)C(=O)C(C)(C)[C@@H]2CC[C@@]1(C)C(C)(C)CC[C@@]1(NS(=O)(=O)C2CC2)CCC(C)(C)CC1C. The van der Waals surface area contributed by atoms with E-state index in [1.54, 1.807) is 13.0 Å². The Labute approximate surface area is 255 Å². The molecule has 0 aromatic heterocycles. The van der Waals surface area contributed by atoms with E-state index in [4.69, 9.17) is 0 Å². The van der Waals surface area contributed by atoms with E-state index >= 15 is 0 Å². The van der Waals surface area contributed by atoms with Crippen molar-refractivity contribution in [1.29, 1.82) is 5.26 Å². The molecule has 0 saturated heterocycles. The van der Waals surface area contributed by atoms with Gasteiger partial charge in [-0.1, -0.05) is 74.0 Å². The number of hydrogen-bond acceptors (Lipinski definition) is 5. The number of fused-ring (bicyclic) bond motifs is 1. The lowest BCUT2D eigenvalue weighted by molar-refractivity contribution is -0.131. The summed E-state index contributed by atoms with van der Waals surface area (Å²) in [5.41, 5.74) is -1.16. The predicted octanol–water partition coefficient (Wildman–Crippen LogP) is 7.46. The fraction of sp³-hybridized carbons (Fsp3) is 0.800. The number of carbonyl (C=O) groups is 2. The molecular formula is C35H54N2O4S. The van der Waals surface area contributed by atoms with E-state index in [1.165, 1.54) is 0 Å². The summed E-state index contributed by atoms with van der Waals surface area (Å²) in [7, 11) is -3.38. The van der Waals surface area contributed by atoms with Gasteiger partial charge < -0.3 is 0 Å². The predicted molar refractivity (Wildman–Crippen MR) is 168 cm³/mol. The first-order valence-electron chi connectivity index (χ1n) is 16.0. The van der Waals surface area contributed by atoms with Gasteiger partial charge in [0.05, 0.1) is 10.8 Å². The first kappa shape index (κ1) is 33.1. The first-order valence-corrected chi connectivity index (χ1v) is 17.6. The zero-order chi connectivity index (χ0) is 31.7. The second-order valence-corrected chi connectivity index (χ2v) is 18.7. The smallest absolute Gasteiger partial charge is 0.214 e. The third-order valence-corrected chi connectivity index (χ3v) is 14.5. The molecule has 1 N–H and O–H groups in total. The summed E-state index contributed by atoms with van der Waals surface area (Å²) in [4.78, 5) is 26.1. The van der Waals surface area contributed by atoms with Gasteiger partial charge in [-0.3, -0.25) is 9.59 Å². The molecule has 234 valence electrons. The second-order valence-electron chi connectivity index (χ2n) is 16.8. The van der Waals surface area contributed by atoms with E-state index in [0.29, 0.717) is 0 Å². The van der Waals surface area contributed by atoms with Gasteiger partial charge in [-0.15, -0.1) is 0 Å². The molecular weight excluding hydrogens is 544 g/mol. The Morgan fingerprint density at radius 2 is 1.71 bits per heavy atom. The quantitative estimate of drug-likeness (QED) is 0.292. The van der Waals surface area contributed by atoms with Crippen molar-refractivity contribution >= 4 is 21.6 Å². The van der Waals surface area contributed by atoms with Gasteiger partial charge in [0.25, 0.3) is 0 Å². The number of Topliss-reactive ketones (excluding diaryl/α,β-unsaturated/α-hetero) is 1. The number of ketones is 2. The van der Waals surface area contributed by atoms with Crippen molar-refractivity contribution in [2.75, 3.05) is 0 Å². The minimum atomic E-state index is -3.38. The Kier molecular flexibility index (Phi) is 8.20. The van der Waals surface area contributed by atoms with Crippen molar-refractivity contribution in [3.8, 4) is 6.07 Å². The van der Waals surface area contributed by atoms with Crippen LogP contribution in [0.25, 0.3) is 0 Å². The summed E-state index contributed by atoms with van der Waals surface area (Å²) in [5.74, 6) is 0.0235. The standard InChI is InChI=1S/C35H54N2O4S/c1-23-20-30(3,4)15-17-35(23,37-42(40,41)26-11-12-26)18-16-31(5,6)34(10)14-13-27-32(7,8)29(39)25(22-36)21-33(27,9)28(34)19-24(2)38/h19,21,23,26-27,37H,11-18,20H2,1-10H3/b28-19-/t23?,27-,33-,34+,35-/m0/s1. The van der Waals surface area contributed by atoms with Crippen LogP contribution in [0.2, 0.25) is 0 Å². The molecule has 3 saturated carbocycles. The summed E-state index contributed by atoms with van der Waals surface area (Å²) < 4.78 is 30.0. The molecule has 4 aliphatic carbocycles. The minimum absolute atomic E-state index is 0.0265. The lowest BCUT2D eigenvalue weighted by atomic mass is 9.42. The summed E-state index contributed by atoms with van der Waals surface area (Å²) in [6.45, 7) is 21.1. The van der Waals surface area contributed by atoms with Crippen LogP contribution in [0.4, 0.5) is 0 Å². The van der Waals surface area contributed by atoms with Gasteiger partial charge in [0.15, 0.2) is 11.6 Å². The van der Waals surface area contributed by atoms with Crippen molar-refractivity contribution in [1.82, 2.24) is 4.72 Å². The molecule has 0 heterocycles. The van der Waals surface area contributed by atoms with Crippen LogP contribution in [-0.2, 0) is 19.6 Å². The van der Waals surface area contributed by atoms with Crippen LogP contribution in [0.15, 0.2) is 23.3 Å². The summed E-state index contributed by atoms with van der Waals surface area (Å²) in [6, 6.07) is 2.16. The first-order chi connectivity index (χ1) is 19.1. The number of nitrogens with one attached hydrogen (secondary N) is 1. The van der Waals surface area contributed by atoms with Crippen LogP contribution in [0.5, 0.6) is 0 Å². The van der Waals surface area contributed by atoms with Crippen LogP contribution in [0.3, 0.4) is 0 Å². The third kappa shape index (κ3) is 5.49.